The minimum absolute atomic E-state index is 0.0139. The van der Waals surface area contributed by atoms with Crippen molar-refractivity contribution in [3.8, 4) is 0 Å². The number of carbonyl (C=O) groups excluding carboxylic acids is 2. The fourth-order valence-electron chi connectivity index (χ4n) is 4.83. The van der Waals surface area contributed by atoms with Crippen LogP contribution in [0.3, 0.4) is 0 Å². The SMILES string of the molecule is C=CCOC(=O)O[C@H](C)[C@H]1C(=O)N2C(C(=O)O)=C3C(CCO)CCC[C@H]3[C@H]12. The normalized spacial score (nSPS) is 30.1. The number of nitrogens with zero attached hydrogens (tertiary/aromatic N) is 1. The summed E-state index contributed by atoms with van der Waals surface area (Å²) in [7, 11) is 0. The average Bonchev–Trinajstić information content (AvgIpc) is 2.92. The van der Waals surface area contributed by atoms with Crippen LogP contribution in [0.15, 0.2) is 23.9 Å². The molecular formula is C19H25NO7. The number of aliphatic hydroxyl groups is 1. The Morgan fingerprint density at radius 3 is 2.78 bits per heavy atom. The third-order valence-corrected chi connectivity index (χ3v) is 5.81. The highest BCUT2D eigenvalue weighted by molar-refractivity contribution is 6.00. The van der Waals surface area contributed by atoms with Gasteiger partial charge < -0.3 is 24.6 Å². The number of ether oxygens (including phenoxy) is 2. The second kappa shape index (κ2) is 7.72. The number of carboxylic acids is 1. The Bertz CT molecular complexity index is 684. The van der Waals surface area contributed by atoms with E-state index in [4.69, 9.17) is 9.47 Å². The molecule has 0 radical (unpaired) electrons. The van der Waals surface area contributed by atoms with Gasteiger partial charge in [0.25, 0.3) is 0 Å². The number of aliphatic carboxylic acids is 1. The number of carbonyl (C=O) groups is 3. The van der Waals surface area contributed by atoms with Gasteiger partial charge in [-0.15, -0.1) is 0 Å². The van der Waals surface area contributed by atoms with Gasteiger partial charge in [-0.1, -0.05) is 19.1 Å². The number of aliphatic hydroxyl groups excluding tert-OH is 1. The van der Waals surface area contributed by atoms with Crippen molar-refractivity contribution in [2.24, 2.45) is 17.8 Å². The maximum absolute atomic E-state index is 12.7. The number of amides is 1. The molecule has 0 aromatic rings. The van der Waals surface area contributed by atoms with Crippen LogP contribution in [-0.2, 0) is 19.1 Å². The molecule has 3 rings (SSSR count). The molecule has 0 bridgehead atoms. The first-order valence-corrected chi connectivity index (χ1v) is 9.27. The topological polar surface area (TPSA) is 113 Å². The van der Waals surface area contributed by atoms with Crippen molar-refractivity contribution in [2.45, 2.75) is 44.8 Å². The lowest BCUT2D eigenvalue weighted by Crippen LogP contribution is -2.64. The van der Waals surface area contributed by atoms with Crippen molar-refractivity contribution >= 4 is 18.0 Å². The minimum Gasteiger partial charge on any atom is -0.477 e. The standard InChI is InChI=1S/C19H25NO7/c1-3-9-26-19(25)27-10(2)13-15-12-6-4-5-11(7-8-21)14(12)16(18(23)24)20(15)17(13)22/h3,10-13,15,21H,1,4-9H2,2H3,(H,23,24)/t10-,11?,12-,13-,15-/m1/s1. The highest BCUT2D eigenvalue weighted by Gasteiger charge is 2.62. The van der Waals surface area contributed by atoms with Crippen LogP contribution in [0.25, 0.3) is 0 Å². The van der Waals surface area contributed by atoms with E-state index in [2.05, 4.69) is 6.58 Å². The quantitative estimate of drug-likeness (QED) is 0.393. The van der Waals surface area contributed by atoms with E-state index < -0.39 is 24.1 Å². The van der Waals surface area contributed by atoms with Gasteiger partial charge in [0, 0.05) is 12.5 Å². The molecule has 3 aliphatic rings. The van der Waals surface area contributed by atoms with E-state index in [0.717, 1.165) is 24.8 Å². The van der Waals surface area contributed by atoms with E-state index in [-0.39, 0.29) is 42.7 Å². The summed E-state index contributed by atoms with van der Waals surface area (Å²) in [5.74, 6) is -2.16. The Labute approximate surface area is 157 Å². The minimum atomic E-state index is -1.12. The first kappa shape index (κ1) is 19.4. The van der Waals surface area contributed by atoms with Gasteiger partial charge in [-0.25, -0.2) is 9.59 Å². The molecule has 0 aromatic carbocycles. The van der Waals surface area contributed by atoms with Crippen molar-refractivity contribution in [3.63, 3.8) is 0 Å². The molecule has 2 heterocycles. The zero-order chi connectivity index (χ0) is 19.7. The van der Waals surface area contributed by atoms with Crippen LogP contribution < -0.4 is 0 Å². The fourth-order valence-corrected chi connectivity index (χ4v) is 4.83. The van der Waals surface area contributed by atoms with E-state index >= 15 is 0 Å². The molecule has 1 saturated carbocycles. The van der Waals surface area contributed by atoms with Crippen LogP contribution in [0.5, 0.6) is 0 Å². The van der Waals surface area contributed by atoms with Gasteiger partial charge in [-0.05, 0) is 37.7 Å². The molecule has 5 atom stereocenters. The van der Waals surface area contributed by atoms with E-state index in [1.165, 1.54) is 11.0 Å². The molecule has 1 aliphatic carbocycles. The summed E-state index contributed by atoms with van der Waals surface area (Å²) in [6, 6.07) is -0.317. The lowest BCUT2D eigenvalue weighted by atomic mass is 9.69. The molecule has 2 aliphatic heterocycles. The van der Waals surface area contributed by atoms with E-state index in [9.17, 15) is 24.6 Å². The summed E-state index contributed by atoms with van der Waals surface area (Å²) in [5.41, 5.74) is 0.830. The number of rotatable bonds is 7. The second-order valence-corrected chi connectivity index (χ2v) is 7.25. The summed E-state index contributed by atoms with van der Waals surface area (Å²) >= 11 is 0. The molecule has 2 fully saturated rings. The molecule has 8 nitrogen and oxygen atoms in total. The molecule has 1 saturated heterocycles. The van der Waals surface area contributed by atoms with Crippen LogP contribution in [0.1, 0.15) is 32.6 Å². The molecule has 1 unspecified atom stereocenters. The van der Waals surface area contributed by atoms with E-state index in [0.29, 0.717) is 6.42 Å². The Kier molecular flexibility index (Phi) is 5.55. The van der Waals surface area contributed by atoms with Gasteiger partial charge in [0.2, 0.25) is 5.91 Å². The predicted molar refractivity (Wildman–Crippen MR) is 93.4 cm³/mol. The third kappa shape index (κ3) is 3.22. The number of β-lactam (4-membered cyclic amide) rings is 1. The Balaban J connectivity index is 1.82. The summed E-state index contributed by atoms with van der Waals surface area (Å²) < 4.78 is 10.0. The number of carboxylic acid groups (broad SMARTS) is 1. The Hall–Kier alpha value is -2.35. The second-order valence-electron chi connectivity index (χ2n) is 7.25. The molecule has 8 heteroatoms. The highest BCUT2D eigenvalue weighted by Crippen LogP contribution is 2.54. The molecule has 0 spiro atoms. The van der Waals surface area contributed by atoms with Gasteiger partial charge in [-0.3, -0.25) is 4.79 Å². The number of hydrogen-bond acceptors (Lipinski definition) is 6. The Morgan fingerprint density at radius 2 is 2.15 bits per heavy atom. The predicted octanol–water partition coefficient (Wildman–Crippen LogP) is 1.69. The van der Waals surface area contributed by atoms with Crippen LogP contribution >= 0.6 is 0 Å². The smallest absolute Gasteiger partial charge is 0.477 e. The van der Waals surface area contributed by atoms with E-state index in [1.807, 2.05) is 0 Å². The van der Waals surface area contributed by atoms with Crippen molar-refractivity contribution < 1.29 is 34.1 Å². The van der Waals surface area contributed by atoms with Gasteiger partial charge in [0.15, 0.2) is 0 Å². The summed E-state index contributed by atoms with van der Waals surface area (Å²) in [5, 5.41) is 19.1. The molecule has 148 valence electrons. The van der Waals surface area contributed by atoms with Gasteiger partial charge >= 0.3 is 12.1 Å². The van der Waals surface area contributed by atoms with Crippen LogP contribution in [0.4, 0.5) is 4.79 Å². The van der Waals surface area contributed by atoms with Crippen LogP contribution in [0.2, 0.25) is 0 Å². The fraction of sp³-hybridized carbons (Fsp3) is 0.632. The van der Waals surface area contributed by atoms with Crippen molar-refractivity contribution in [2.75, 3.05) is 13.2 Å². The Morgan fingerprint density at radius 1 is 1.41 bits per heavy atom. The number of hydrogen-bond donors (Lipinski definition) is 2. The largest absolute Gasteiger partial charge is 0.508 e. The summed E-state index contributed by atoms with van der Waals surface area (Å²) in [6.07, 6.45) is 2.81. The van der Waals surface area contributed by atoms with Gasteiger partial charge in [-0.2, -0.15) is 0 Å². The maximum Gasteiger partial charge on any atom is 0.508 e. The maximum atomic E-state index is 12.7. The molecule has 2 N–H and O–H groups in total. The molecule has 1 amide bonds. The first-order valence-electron chi connectivity index (χ1n) is 9.27. The van der Waals surface area contributed by atoms with Gasteiger partial charge in [0.05, 0.1) is 12.0 Å². The zero-order valence-electron chi connectivity index (χ0n) is 15.3. The average molecular weight is 379 g/mol. The monoisotopic (exact) mass is 379 g/mol. The number of fused-ring (bicyclic) bond motifs is 3. The lowest BCUT2D eigenvalue weighted by Gasteiger charge is -2.48. The summed E-state index contributed by atoms with van der Waals surface area (Å²) in [4.78, 5) is 37.7. The van der Waals surface area contributed by atoms with E-state index in [1.54, 1.807) is 6.92 Å². The highest BCUT2D eigenvalue weighted by atomic mass is 16.7. The first-order chi connectivity index (χ1) is 12.9. The molecule has 27 heavy (non-hydrogen) atoms. The molecular weight excluding hydrogens is 354 g/mol. The zero-order valence-corrected chi connectivity index (χ0v) is 15.3. The van der Waals surface area contributed by atoms with Crippen molar-refractivity contribution in [1.29, 1.82) is 0 Å². The summed E-state index contributed by atoms with van der Waals surface area (Å²) in [6.45, 7) is 5.07. The molecule has 0 aromatic heterocycles. The lowest BCUT2D eigenvalue weighted by molar-refractivity contribution is -0.164. The third-order valence-electron chi connectivity index (χ3n) is 5.81. The van der Waals surface area contributed by atoms with Crippen LogP contribution in [0, 0.1) is 17.8 Å². The van der Waals surface area contributed by atoms with Crippen molar-refractivity contribution in [1.82, 2.24) is 4.90 Å². The van der Waals surface area contributed by atoms with Crippen molar-refractivity contribution in [3.05, 3.63) is 23.9 Å². The van der Waals surface area contributed by atoms with Crippen LogP contribution in [-0.4, -0.2) is 58.5 Å². The van der Waals surface area contributed by atoms with Gasteiger partial charge in [0.1, 0.15) is 18.4 Å².